The van der Waals surface area contributed by atoms with Crippen LogP contribution < -0.4 is 4.74 Å². The lowest BCUT2D eigenvalue weighted by Crippen LogP contribution is -2.58. The van der Waals surface area contributed by atoms with Gasteiger partial charge in [0.15, 0.2) is 0 Å². The molecule has 0 aliphatic carbocycles. The highest BCUT2D eigenvalue weighted by Gasteiger charge is 2.47. The van der Waals surface area contributed by atoms with Gasteiger partial charge in [-0.2, -0.15) is 10.5 Å². The molecule has 2 heterocycles. The van der Waals surface area contributed by atoms with Crippen LogP contribution in [0.3, 0.4) is 0 Å². The van der Waals surface area contributed by atoms with Gasteiger partial charge in [0, 0.05) is 25.7 Å². The number of nitriles is 2. The minimum absolute atomic E-state index is 0.443. The van der Waals surface area contributed by atoms with Crippen molar-refractivity contribution >= 4 is 5.96 Å². The fraction of sp³-hybridized carbons (Fsp3) is 0.500. The second-order valence-electron chi connectivity index (χ2n) is 6.94. The van der Waals surface area contributed by atoms with E-state index in [0.29, 0.717) is 23.8 Å². The van der Waals surface area contributed by atoms with E-state index in [1.165, 1.54) is 0 Å². The molecule has 0 radical (unpaired) electrons. The number of aliphatic hydroxyl groups excluding tert-OH is 1. The molecule has 0 unspecified atom stereocenters. The highest BCUT2D eigenvalue weighted by molar-refractivity contribution is 5.82. The van der Waals surface area contributed by atoms with Crippen molar-refractivity contribution in [1.82, 2.24) is 9.80 Å². The summed E-state index contributed by atoms with van der Waals surface area (Å²) in [6.07, 6.45) is 1.90. The Morgan fingerprint density at radius 1 is 1.32 bits per heavy atom. The van der Waals surface area contributed by atoms with Gasteiger partial charge in [0.2, 0.25) is 12.2 Å². The topological polar surface area (TPSA) is 95.9 Å². The Kier molecular flexibility index (Phi) is 4.28. The quantitative estimate of drug-likeness (QED) is 0.781. The first-order valence-corrected chi connectivity index (χ1v) is 8.24. The second kappa shape index (κ2) is 6.27. The number of nitrogens with zero attached hydrogens (tertiary/aromatic N) is 5. The van der Waals surface area contributed by atoms with Crippen LogP contribution in [-0.2, 0) is 0 Å². The Bertz CT molecular complexity index is 790. The van der Waals surface area contributed by atoms with Crippen LogP contribution >= 0.6 is 0 Å². The summed E-state index contributed by atoms with van der Waals surface area (Å²) in [5.41, 5.74) is 0.440. The first-order chi connectivity index (χ1) is 11.9. The van der Waals surface area contributed by atoms with Crippen molar-refractivity contribution in [1.29, 1.82) is 10.5 Å². The van der Waals surface area contributed by atoms with E-state index in [4.69, 9.17) is 10.00 Å². The Morgan fingerprint density at radius 2 is 2.08 bits per heavy atom. The molecule has 2 atom stereocenters. The molecule has 1 N–H and O–H groups in total. The van der Waals surface area contributed by atoms with Crippen LogP contribution in [0.1, 0.15) is 37.4 Å². The highest BCUT2D eigenvalue weighted by Crippen LogP contribution is 2.44. The average molecular weight is 339 g/mol. The summed E-state index contributed by atoms with van der Waals surface area (Å²) in [5, 5.41) is 29.3. The third-order valence-corrected chi connectivity index (χ3v) is 4.82. The average Bonchev–Trinajstić information content (AvgIpc) is 2.58. The molecule has 0 amide bonds. The summed E-state index contributed by atoms with van der Waals surface area (Å²) in [4.78, 5) is 7.83. The summed E-state index contributed by atoms with van der Waals surface area (Å²) in [6.45, 7) is 5.13. The third kappa shape index (κ3) is 2.88. The van der Waals surface area contributed by atoms with Gasteiger partial charge < -0.3 is 19.6 Å². The molecule has 130 valence electrons. The van der Waals surface area contributed by atoms with E-state index in [2.05, 4.69) is 11.1 Å². The summed E-state index contributed by atoms with van der Waals surface area (Å²) in [5.74, 6) is 1.17. The molecular formula is C18H21N5O2. The van der Waals surface area contributed by atoms with Crippen LogP contribution in [0.5, 0.6) is 5.75 Å². The fourth-order valence-corrected chi connectivity index (χ4v) is 3.53. The van der Waals surface area contributed by atoms with E-state index < -0.39 is 17.7 Å². The Morgan fingerprint density at radius 3 is 2.76 bits per heavy atom. The van der Waals surface area contributed by atoms with Gasteiger partial charge in [-0.3, -0.25) is 0 Å². The summed E-state index contributed by atoms with van der Waals surface area (Å²) in [7, 11) is 1.88. The fourth-order valence-electron chi connectivity index (χ4n) is 3.53. The van der Waals surface area contributed by atoms with Crippen molar-refractivity contribution in [3.63, 3.8) is 0 Å². The molecule has 1 saturated heterocycles. The summed E-state index contributed by atoms with van der Waals surface area (Å²) < 4.78 is 5.97. The highest BCUT2D eigenvalue weighted by atomic mass is 16.5. The van der Waals surface area contributed by atoms with Gasteiger partial charge in [-0.05, 0) is 38.5 Å². The van der Waals surface area contributed by atoms with E-state index >= 15 is 0 Å². The van der Waals surface area contributed by atoms with Crippen LogP contribution in [0.25, 0.3) is 0 Å². The Hall–Kier alpha value is -2.77. The molecule has 0 aromatic heterocycles. The maximum atomic E-state index is 11.0. The number of hydrogen-bond donors (Lipinski definition) is 1. The first-order valence-electron chi connectivity index (χ1n) is 8.24. The van der Waals surface area contributed by atoms with Gasteiger partial charge >= 0.3 is 0 Å². The van der Waals surface area contributed by atoms with Crippen LogP contribution in [-0.4, -0.2) is 52.7 Å². The van der Waals surface area contributed by atoms with Gasteiger partial charge in [0.05, 0.1) is 17.7 Å². The van der Waals surface area contributed by atoms with Crippen LogP contribution in [0.2, 0.25) is 0 Å². The normalized spacial score (nSPS) is 26.4. The standard InChI is InChI=1S/C18H21N5O2/c1-18(2)16(24)15(13-9-12(10-19)5-6-14(13)25-18)23-8-4-7-22(3)17(23)21-11-20/h5-6,9,15-16,24H,4,7-8H2,1-3H3/t15-,16+/m1/s1. The zero-order valence-corrected chi connectivity index (χ0v) is 14.6. The van der Waals surface area contributed by atoms with E-state index in [-0.39, 0.29) is 0 Å². The third-order valence-electron chi connectivity index (χ3n) is 4.82. The molecular weight excluding hydrogens is 318 g/mol. The first kappa shape index (κ1) is 17.1. The SMILES string of the molecule is CN1CCCN([C@@H]2c3cc(C#N)ccc3OC(C)(C)[C@H]2O)C1=NC#N. The number of fused-ring (bicyclic) bond motifs is 1. The number of aliphatic hydroxyl groups is 1. The summed E-state index contributed by atoms with van der Waals surface area (Å²) in [6, 6.07) is 6.91. The minimum Gasteiger partial charge on any atom is -0.485 e. The van der Waals surface area contributed by atoms with E-state index in [0.717, 1.165) is 18.5 Å². The molecule has 2 aliphatic heterocycles. The van der Waals surface area contributed by atoms with Crippen molar-refractivity contribution in [3.05, 3.63) is 29.3 Å². The minimum atomic E-state index is -0.843. The number of rotatable bonds is 1. The van der Waals surface area contributed by atoms with Crippen LogP contribution in [0.15, 0.2) is 23.2 Å². The van der Waals surface area contributed by atoms with Crippen molar-refractivity contribution in [2.24, 2.45) is 4.99 Å². The summed E-state index contributed by atoms with van der Waals surface area (Å²) >= 11 is 0. The van der Waals surface area contributed by atoms with Crippen LogP contribution in [0.4, 0.5) is 0 Å². The lowest BCUT2D eigenvalue weighted by Gasteiger charge is -2.49. The van der Waals surface area contributed by atoms with Gasteiger partial charge in [0.1, 0.15) is 17.5 Å². The molecule has 0 spiro atoms. The van der Waals surface area contributed by atoms with Gasteiger partial charge in [-0.25, -0.2) is 0 Å². The van der Waals surface area contributed by atoms with Crippen molar-refractivity contribution < 1.29 is 9.84 Å². The monoisotopic (exact) mass is 339 g/mol. The zero-order valence-electron chi connectivity index (χ0n) is 14.6. The maximum absolute atomic E-state index is 11.0. The van der Waals surface area contributed by atoms with Gasteiger partial charge in [-0.15, -0.1) is 4.99 Å². The zero-order chi connectivity index (χ0) is 18.2. The predicted molar refractivity (Wildman–Crippen MR) is 91.6 cm³/mol. The molecule has 2 aliphatic rings. The van der Waals surface area contributed by atoms with Crippen molar-refractivity contribution in [2.45, 2.75) is 38.0 Å². The number of guanidine groups is 1. The molecule has 25 heavy (non-hydrogen) atoms. The van der Waals surface area contributed by atoms with Gasteiger partial charge in [0.25, 0.3) is 0 Å². The smallest absolute Gasteiger partial charge is 0.212 e. The van der Waals surface area contributed by atoms with Crippen molar-refractivity contribution in [2.75, 3.05) is 20.1 Å². The molecule has 7 nitrogen and oxygen atoms in total. The lowest BCUT2D eigenvalue weighted by molar-refractivity contribution is -0.0846. The molecule has 1 aromatic rings. The van der Waals surface area contributed by atoms with E-state index in [1.807, 2.05) is 36.9 Å². The Balaban J connectivity index is 2.15. The molecule has 1 aromatic carbocycles. The lowest BCUT2D eigenvalue weighted by atomic mass is 9.84. The molecule has 1 fully saturated rings. The second-order valence-corrected chi connectivity index (χ2v) is 6.94. The van der Waals surface area contributed by atoms with Crippen molar-refractivity contribution in [3.8, 4) is 18.0 Å². The number of benzene rings is 1. The predicted octanol–water partition coefficient (Wildman–Crippen LogP) is 1.61. The molecule has 0 bridgehead atoms. The van der Waals surface area contributed by atoms with Gasteiger partial charge in [-0.1, -0.05) is 0 Å². The van der Waals surface area contributed by atoms with E-state index in [9.17, 15) is 10.4 Å². The molecule has 7 heteroatoms. The van der Waals surface area contributed by atoms with E-state index in [1.54, 1.807) is 18.2 Å². The number of ether oxygens (including phenoxy) is 1. The van der Waals surface area contributed by atoms with Crippen LogP contribution in [0, 0.1) is 22.8 Å². The number of hydrogen-bond acceptors (Lipinski definition) is 5. The maximum Gasteiger partial charge on any atom is 0.212 e. The number of aliphatic imine (C=N–C) groups is 1. The Labute approximate surface area is 147 Å². The largest absolute Gasteiger partial charge is 0.485 e. The molecule has 3 rings (SSSR count). The molecule has 0 saturated carbocycles.